The molecule has 92 valence electrons. The molecule has 0 radical (unpaired) electrons. The number of nitrogens with zero attached hydrogens (tertiary/aromatic N) is 2. The Kier molecular flexibility index (Phi) is 3.84. The van der Waals surface area contributed by atoms with Crippen molar-refractivity contribution in [2.45, 2.75) is 0 Å². The van der Waals surface area contributed by atoms with Gasteiger partial charge in [-0.15, -0.1) is 0 Å². The summed E-state index contributed by atoms with van der Waals surface area (Å²) in [6.45, 7) is 0. The third-order valence-electron chi connectivity index (χ3n) is 2.19. The molecule has 1 aromatic carbocycles. The van der Waals surface area contributed by atoms with Crippen molar-refractivity contribution in [1.29, 1.82) is 0 Å². The van der Waals surface area contributed by atoms with Crippen molar-refractivity contribution >= 4 is 39.6 Å². The van der Waals surface area contributed by atoms with Gasteiger partial charge in [0, 0.05) is 22.3 Å². The zero-order chi connectivity index (χ0) is 13.1. The summed E-state index contributed by atoms with van der Waals surface area (Å²) in [5.74, 6) is -1.00. The van der Waals surface area contributed by atoms with E-state index in [1.54, 1.807) is 10.9 Å². The Hall–Kier alpha value is -1.59. The normalized spacial score (nSPS) is 11.0. The second-order valence-electron chi connectivity index (χ2n) is 3.48. The minimum atomic E-state index is -1.00. The van der Waals surface area contributed by atoms with Gasteiger partial charge in [-0.25, -0.2) is 9.48 Å². The third kappa shape index (κ3) is 3.00. The standard InChI is InChI=1S/C12H8BrClN2O2/c13-9-2-3-11(16-7-10(14)6-15-16)8(5-9)1-4-12(17)18/h1-7H,(H,17,18)/b4-1+. The molecule has 18 heavy (non-hydrogen) atoms. The first-order valence-corrected chi connectivity index (χ1v) is 6.14. The summed E-state index contributed by atoms with van der Waals surface area (Å²) in [7, 11) is 0. The number of rotatable bonds is 3. The lowest BCUT2D eigenvalue weighted by atomic mass is 10.1. The highest BCUT2D eigenvalue weighted by atomic mass is 79.9. The average Bonchev–Trinajstić information content (AvgIpc) is 2.73. The van der Waals surface area contributed by atoms with Gasteiger partial charge in [-0.3, -0.25) is 0 Å². The molecular formula is C12H8BrClN2O2. The molecule has 0 unspecified atom stereocenters. The summed E-state index contributed by atoms with van der Waals surface area (Å²) in [5, 5.41) is 13.3. The highest BCUT2D eigenvalue weighted by molar-refractivity contribution is 9.10. The fourth-order valence-corrected chi connectivity index (χ4v) is 1.98. The zero-order valence-electron chi connectivity index (χ0n) is 9.05. The molecule has 0 atom stereocenters. The molecule has 0 aliphatic heterocycles. The van der Waals surface area contributed by atoms with E-state index in [2.05, 4.69) is 21.0 Å². The van der Waals surface area contributed by atoms with Gasteiger partial charge >= 0.3 is 5.97 Å². The van der Waals surface area contributed by atoms with E-state index < -0.39 is 5.97 Å². The summed E-state index contributed by atoms with van der Waals surface area (Å²) in [6.07, 6.45) is 5.77. The second-order valence-corrected chi connectivity index (χ2v) is 4.83. The predicted octanol–water partition coefficient (Wildman–Crippen LogP) is 3.39. The lowest BCUT2D eigenvalue weighted by Gasteiger charge is -2.06. The van der Waals surface area contributed by atoms with Crippen molar-refractivity contribution in [1.82, 2.24) is 9.78 Å². The average molecular weight is 328 g/mol. The molecule has 0 amide bonds. The summed E-state index contributed by atoms with van der Waals surface area (Å²) >= 11 is 9.16. The number of benzene rings is 1. The van der Waals surface area contributed by atoms with Crippen molar-refractivity contribution in [3.63, 3.8) is 0 Å². The summed E-state index contributed by atoms with van der Waals surface area (Å²) in [5.41, 5.74) is 1.48. The van der Waals surface area contributed by atoms with E-state index in [-0.39, 0.29) is 0 Å². The zero-order valence-corrected chi connectivity index (χ0v) is 11.4. The maximum absolute atomic E-state index is 10.6. The Balaban J connectivity index is 2.50. The largest absolute Gasteiger partial charge is 0.478 e. The molecule has 0 aliphatic rings. The Labute approximate surface area is 117 Å². The van der Waals surface area contributed by atoms with Crippen LogP contribution in [0.15, 0.2) is 41.1 Å². The van der Waals surface area contributed by atoms with E-state index in [0.29, 0.717) is 5.02 Å². The second kappa shape index (κ2) is 5.37. The SMILES string of the molecule is O=C(O)/C=C/c1cc(Br)ccc1-n1cc(Cl)cn1. The highest BCUT2D eigenvalue weighted by Gasteiger charge is 2.05. The Morgan fingerprint density at radius 3 is 2.89 bits per heavy atom. The maximum Gasteiger partial charge on any atom is 0.328 e. The molecule has 0 fully saturated rings. The van der Waals surface area contributed by atoms with Crippen molar-refractivity contribution in [2.24, 2.45) is 0 Å². The predicted molar refractivity (Wildman–Crippen MR) is 72.9 cm³/mol. The van der Waals surface area contributed by atoms with Gasteiger partial charge in [-0.05, 0) is 24.3 Å². The molecule has 0 saturated carbocycles. The number of aliphatic carboxylic acids is 1. The Bertz CT molecular complexity index is 622. The number of aromatic nitrogens is 2. The van der Waals surface area contributed by atoms with E-state index >= 15 is 0 Å². The molecule has 1 heterocycles. The van der Waals surface area contributed by atoms with Crippen LogP contribution in [0.5, 0.6) is 0 Å². The minimum Gasteiger partial charge on any atom is -0.478 e. The quantitative estimate of drug-likeness (QED) is 0.879. The molecule has 0 spiro atoms. The van der Waals surface area contributed by atoms with E-state index in [1.165, 1.54) is 12.3 Å². The molecule has 6 heteroatoms. The van der Waals surface area contributed by atoms with Crippen molar-refractivity contribution in [3.05, 3.63) is 51.7 Å². The molecule has 0 bridgehead atoms. The molecule has 1 N–H and O–H groups in total. The first kappa shape index (κ1) is 12.9. The van der Waals surface area contributed by atoms with Crippen LogP contribution in [0.4, 0.5) is 0 Å². The Morgan fingerprint density at radius 1 is 1.50 bits per heavy atom. The maximum atomic E-state index is 10.6. The van der Waals surface area contributed by atoms with Crippen molar-refractivity contribution in [3.8, 4) is 5.69 Å². The van der Waals surface area contributed by atoms with Crippen LogP contribution >= 0.6 is 27.5 Å². The minimum absolute atomic E-state index is 0.520. The van der Waals surface area contributed by atoms with Crippen molar-refractivity contribution in [2.75, 3.05) is 0 Å². The summed E-state index contributed by atoms with van der Waals surface area (Å²) in [6, 6.07) is 5.49. The summed E-state index contributed by atoms with van der Waals surface area (Å²) < 4.78 is 2.45. The fraction of sp³-hybridized carbons (Fsp3) is 0. The number of carboxylic acid groups (broad SMARTS) is 1. The van der Waals surface area contributed by atoms with Gasteiger partial charge in [-0.2, -0.15) is 5.10 Å². The smallest absolute Gasteiger partial charge is 0.328 e. The first-order valence-electron chi connectivity index (χ1n) is 4.97. The van der Waals surface area contributed by atoms with Gasteiger partial charge < -0.3 is 5.11 Å². The third-order valence-corrected chi connectivity index (χ3v) is 2.88. The topological polar surface area (TPSA) is 55.1 Å². The van der Waals surface area contributed by atoms with Gasteiger partial charge in [-0.1, -0.05) is 27.5 Å². The van der Waals surface area contributed by atoms with E-state index in [4.69, 9.17) is 16.7 Å². The molecular weight excluding hydrogens is 320 g/mol. The fourth-order valence-electron chi connectivity index (χ4n) is 1.46. The van der Waals surface area contributed by atoms with Crippen LogP contribution in [-0.4, -0.2) is 20.9 Å². The molecule has 2 aromatic rings. The van der Waals surface area contributed by atoms with E-state index in [9.17, 15) is 4.79 Å². The van der Waals surface area contributed by atoms with Crippen LogP contribution in [0.25, 0.3) is 11.8 Å². The van der Waals surface area contributed by atoms with Crippen LogP contribution in [0.3, 0.4) is 0 Å². The highest BCUT2D eigenvalue weighted by Crippen LogP contribution is 2.22. The van der Waals surface area contributed by atoms with Crippen LogP contribution in [0, 0.1) is 0 Å². The molecule has 0 saturated heterocycles. The van der Waals surface area contributed by atoms with Crippen LogP contribution in [0.2, 0.25) is 5.02 Å². The van der Waals surface area contributed by atoms with E-state index in [0.717, 1.165) is 21.8 Å². The Morgan fingerprint density at radius 2 is 2.28 bits per heavy atom. The molecule has 2 rings (SSSR count). The molecule has 4 nitrogen and oxygen atoms in total. The van der Waals surface area contributed by atoms with Crippen LogP contribution < -0.4 is 0 Å². The lowest BCUT2D eigenvalue weighted by molar-refractivity contribution is -0.131. The van der Waals surface area contributed by atoms with Gasteiger partial charge in [0.2, 0.25) is 0 Å². The van der Waals surface area contributed by atoms with Gasteiger partial charge in [0.15, 0.2) is 0 Å². The first-order chi connectivity index (χ1) is 8.56. The van der Waals surface area contributed by atoms with Crippen molar-refractivity contribution < 1.29 is 9.90 Å². The molecule has 1 aromatic heterocycles. The number of hydrogen-bond donors (Lipinski definition) is 1. The van der Waals surface area contributed by atoms with Crippen LogP contribution in [-0.2, 0) is 4.79 Å². The number of carbonyl (C=O) groups is 1. The van der Waals surface area contributed by atoms with Gasteiger partial charge in [0.05, 0.1) is 16.9 Å². The number of halogens is 2. The lowest BCUT2D eigenvalue weighted by Crippen LogP contribution is -1.97. The van der Waals surface area contributed by atoms with E-state index in [1.807, 2.05) is 18.2 Å². The monoisotopic (exact) mass is 326 g/mol. The number of hydrogen-bond acceptors (Lipinski definition) is 2. The van der Waals surface area contributed by atoms with Gasteiger partial charge in [0.25, 0.3) is 0 Å². The number of carboxylic acids is 1. The summed E-state index contributed by atoms with van der Waals surface area (Å²) in [4.78, 5) is 10.6. The van der Waals surface area contributed by atoms with Gasteiger partial charge in [0.1, 0.15) is 0 Å². The van der Waals surface area contributed by atoms with Crippen LogP contribution in [0.1, 0.15) is 5.56 Å². The molecule has 0 aliphatic carbocycles.